The molecule has 6 heteroatoms. The molecule has 0 bridgehead atoms. The molecule has 1 aliphatic carbocycles. The Morgan fingerprint density at radius 1 is 1.30 bits per heavy atom. The lowest BCUT2D eigenvalue weighted by atomic mass is 10.0. The van der Waals surface area contributed by atoms with Crippen molar-refractivity contribution in [1.82, 2.24) is 0 Å². The summed E-state index contributed by atoms with van der Waals surface area (Å²) in [7, 11) is 0. The van der Waals surface area contributed by atoms with E-state index in [0.29, 0.717) is 5.69 Å². The van der Waals surface area contributed by atoms with Crippen molar-refractivity contribution in [1.29, 1.82) is 0 Å². The second-order valence-electron chi connectivity index (χ2n) is 5.07. The fraction of sp³-hybridized carbons (Fsp3) is 0.429. The van der Waals surface area contributed by atoms with Crippen molar-refractivity contribution >= 4 is 23.2 Å². The highest BCUT2D eigenvalue weighted by Gasteiger charge is 2.30. The van der Waals surface area contributed by atoms with Crippen LogP contribution in [0.3, 0.4) is 0 Å². The number of hydrogen-bond acceptors (Lipinski definition) is 3. The summed E-state index contributed by atoms with van der Waals surface area (Å²) in [6.45, 7) is 1.29. The van der Waals surface area contributed by atoms with Crippen molar-refractivity contribution in [2.45, 2.75) is 32.2 Å². The van der Waals surface area contributed by atoms with Crippen molar-refractivity contribution < 1.29 is 14.0 Å². The van der Waals surface area contributed by atoms with E-state index >= 15 is 0 Å². The Kier molecular flexibility index (Phi) is 4.34. The van der Waals surface area contributed by atoms with E-state index in [4.69, 9.17) is 5.73 Å². The first-order valence-electron chi connectivity index (χ1n) is 6.61. The van der Waals surface area contributed by atoms with Gasteiger partial charge in [-0.3, -0.25) is 9.59 Å². The predicted molar refractivity (Wildman–Crippen MR) is 74.6 cm³/mol. The Hall–Kier alpha value is -1.95. The molecule has 0 radical (unpaired) electrons. The van der Waals surface area contributed by atoms with Gasteiger partial charge in [0, 0.05) is 18.7 Å². The number of rotatable bonds is 3. The van der Waals surface area contributed by atoms with Crippen LogP contribution in [0.15, 0.2) is 18.2 Å². The van der Waals surface area contributed by atoms with Gasteiger partial charge in [0.1, 0.15) is 5.82 Å². The van der Waals surface area contributed by atoms with Crippen LogP contribution in [0.25, 0.3) is 0 Å². The molecule has 1 saturated carbocycles. The van der Waals surface area contributed by atoms with E-state index in [1.165, 1.54) is 25.1 Å². The minimum absolute atomic E-state index is 0.0472. The molecule has 4 N–H and O–H groups in total. The van der Waals surface area contributed by atoms with E-state index in [2.05, 4.69) is 10.6 Å². The molecule has 108 valence electrons. The molecule has 0 heterocycles. The van der Waals surface area contributed by atoms with Crippen molar-refractivity contribution in [3.8, 4) is 0 Å². The summed E-state index contributed by atoms with van der Waals surface area (Å²) < 4.78 is 13.5. The van der Waals surface area contributed by atoms with Crippen LogP contribution in [-0.2, 0) is 9.59 Å². The van der Waals surface area contributed by atoms with E-state index in [0.717, 1.165) is 19.3 Å². The number of hydrogen-bond donors (Lipinski definition) is 3. The largest absolute Gasteiger partial charge is 0.327 e. The minimum atomic E-state index is -0.546. The molecule has 5 nitrogen and oxygen atoms in total. The molecule has 0 spiro atoms. The molecule has 1 aromatic carbocycles. The number of nitrogens with one attached hydrogen (secondary N) is 2. The monoisotopic (exact) mass is 279 g/mol. The number of halogens is 1. The first kappa shape index (κ1) is 14.5. The molecule has 0 aliphatic heterocycles. The molecule has 0 aromatic heterocycles. The maximum atomic E-state index is 13.5. The fourth-order valence-electron chi connectivity index (χ4n) is 2.44. The molecule has 2 unspecified atom stereocenters. The van der Waals surface area contributed by atoms with E-state index in [1.807, 2.05) is 0 Å². The summed E-state index contributed by atoms with van der Waals surface area (Å²) >= 11 is 0. The van der Waals surface area contributed by atoms with Crippen molar-refractivity contribution in [3.05, 3.63) is 24.0 Å². The standard InChI is InChI=1S/C14H18FN3O2/c1-8(19)17-13-7-9(5-6-11(13)15)18-14(20)10-3-2-4-12(10)16/h5-7,10,12H,2-4,16H2,1H3,(H,17,19)(H,18,20). The molecule has 20 heavy (non-hydrogen) atoms. The zero-order chi connectivity index (χ0) is 14.7. The van der Waals surface area contributed by atoms with E-state index in [9.17, 15) is 14.0 Å². The predicted octanol–water partition coefficient (Wildman–Crippen LogP) is 1.85. The number of nitrogens with two attached hydrogens (primary N) is 1. The van der Waals surface area contributed by atoms with Gasteiger partial charge in [-0.05, 0) is 31.0 Å². The van der Waals surface area contributed by atoms with Crippen LogP contribution in [0, 0.1) is 11.7 Å². The third-order valence-electron chi connectivity index (χ3n) is 3.45. The van der Waals surface area contributed by atoms with Crippen LogP contribution in [0.4, 0.5) is 15.8 Å². The highest BCUT2D eigenvalue weighted by atomic mass is 19.1. The Bertz CT molecular complexity index is 533. The van der Waals surface area contributed by atoms with Crippen LogP contribution in [0.2, 0.25) is 0 Å². The van der Waals surface area contributed by atoms with Crippen molar-refractivity contribution in [2.24, 2.45) is 11.7 Å². The molecular weight excluding hydrogens is 261 g/mol. The van der Waals surface area contributed by atoms with Gasteiger partial charge < -0.3 is 16.4 Å². The van der Waals surface area contributed by atoms with E-state index in [1.54, 1.807) is 0 Å². The van der Waals surface area contributed by atoms with Gasteiger partial charge in [0.25, 0.3) is 0 Å². The molecule has 1 aromatic rings. The SMILES string of the molecule is CC(=O)Nc1cc(NC(=O)C2CCCC2N)ccc1F. The third kappa shape index (κ3) is 3.33. The normalized spacial score (nSPS) is 21.6. The highest BCUT2D eigenvalue weighted by molar-refractivity contribution is 5.95. The first-order chi connectivity index (χ1) is 9.47. The van der Waals surface area contributed by atoms with Gasteiger partial charge in [0.05, 0.1) is 11.6 Å². The minimum Gasteiger partial charge on any atom is -0.327 e. The molecular formula is C14H18FN3O2. The Morgan fingerprint density at radius 2 is 2.05 bits per heavy atom. The fourth-order valence-corrected chi connectivity index (χ4v) is 2.44. The molecule has 2 atom stereocenters. The molecule has 2 amide bonds. The Balaban J connectivity index is 2.09. The van der Waals surface area contributed by atoms with Gasteiger partial charge >= 0.3 is 0 Å². The third-order valence-corrected chi connectivity index (χ3v) is 3.45. The van der Waals surface area contributed by atoms with Gasteiger partial charge in [0.15, 0.2) is 0 Å². The smallest absolute Gasteiger partial charge is 0.229 e. The molecule has 1 fully saturated rings. The summed E-state index contributed by atoms with van der Waals surface area (Å²) in [5.74, 6) is -1.28. The average molecular weight is 279 g/mol. The maximum absolute atomic E-state index is 13.5. The van der Waals surface area contributed by atoms with Gasteiger partial charge in [0.2, 0.25) is 11.8 Å². The van der Waals surface area contributed by atoms with Crippen LogP contribution >= 0.6 is 0 Å². The lowest BCUT2D eigenvalue weighted by Crippen LogP contribution is -2.34. The lowest BCUT2D eigenvalue weighted by Gasteiger charge is -2.15. The summed E-state index contributed by atoms with van der Waals surface area (Å²) in [4.78, 5) is 23.0. The maximum Gasteiger partial charge on any atom is 0.229 e. The van der Waals surface area contributed by atoms with E-state index < -0.39 is 5.82 Å². The molecule has 1 aliphatic rings. The van der Waals surface area contributed by atoms with Crippen LogP contribution < -0.4 is 16.4 Å². The van der Waals surface area contributed by atoms with Crippen LogP contribution in [-0.4, -0.2) is 17.9 Å². The Morgan fingerprint density at radius 3 is 2.65 bits per heavy atom. The van der Waals surface area contributed by atoms with Gasteiger partial charge in [-0.2, -0.15) is 0 Å². The average Bonchev–Trinajstić information content (AvgIpc) is 2.79. The summed E-state index contributed by atoms with van der Waals surface area (Å²) in [6, 6.07) is 3.94. The number of anilines is 2. The zero-order valence-electron chi connectivity index (χ0n) is 11.3. The van der Waals surface area contributed by atoms with Crippen LogP contribution in [0.5, 0.6) is 0 Å². The van der Waals surface area contributed by atoms with Gasteiger partial charge in [-0.15, -0.1) is 0 Å². The molecule has 0 saturated heterocycles. The topological polar surface area (TPSA) is 84.2 Å². The second kappa shape index (κ2) is 6.00. The summed E-state index contributed by atoms with van der Waals surface area (Å²) in [5.41, 5.74) is 6.37. The number of benzene rings is 1. The Labute approximate surface area is 116 Å². The van der Waals surface area contributed by atoms with Crippen molar-refractivity contribution in [2.75, 3.05) is 10.6 Å². The quantitative estimate of drug-likeness (QED) is 0.789. The second-order valence-corrected chi connectivity index (χ2v) is 5.07. The van der Waals surface area contributed by atoms with Gasteiger partial charge in [-0.1, -0.05) is 6.42 Å². The molecule has 2 rings (SSSR count). The summed E-state index contributed by atoms with van der Waals surface area (Å²) in [6.07, 6.45) is 2.56. The first-order valence-corrected chi connectivity index (χ1v) is 6.61. The lowest BCUT2D eigenvalue weighted by molar-refractivity contribution is -0.120. The summed E-state index contributed by atoms with van der Waals surface area (Å²) in [5, 5.41) is 5.09. The van der Waals surface area contributed by atoms with Crippen molar-refractivity contribution in [3.63, 3.8) is 0 Å². The highest BCUT2D eigenvalue weighted by Crippen LogP contribution is 2.26. The zero-order valence-corrected chi connectivity index (χ0v) is 11.3. The van der Waals surface area contributed by atoms with Gasteiger partial charge in [-0.25, -0.2) is 4.39 Å². The number of carbonyl (C=O) groups excluding carboxylic acids is 2. The number of carbonyl (C=O) groups is 2. The van der Waals surface area contributed by atoms with Crippen LogP contribution in [0.1, 0.15) is 26.2 Å². The number of amides is 2. The van der Waals surface area contributed by atoms with E-state index in [-0.39, 0.29) is 29.5 Å².